The molecule has 1 fully saturated rings. The second-order valence-electron chi connectivity index (χ2n) is 8.24. The fraction of sp³-hybridized carbons (Fsp3) is 0.391. The van der Waals surface area contributed by atoms with Crippen LogP contribution in [-0.2, 0) is 11.2 Å². The van der Waals surface area contributed by atoms with Gasteiger partial charge < -0.3 is 19.9 Å². The number of rotatable bonds is 5. The number of ether oxygens (including phenoxy) is 1. The maximum atomic E-state index is 10.5. The Hall–Kier alpha value is -2.46. The van der Waals surface area contributed by atoms with Gasteiger partial charge in [-0.2, -0.15) is 0 Å². The van der Waals surface area contributed by atoms with Crippen molar-refractivity contribution in [1.29, 1.82) is 0 Å². The zero-order valence-electron chi connectivity index (χ0n) is 16.4. The maximum Gasteiger partial charge on any atom is 0.120 e. The van der Waals surface area contributed by atoms with E-state index < -0.39 is 0 Å². The first-order chi connectivity index (χ1) is 12.8. The summed E-state index contributed by atoms with van der Waals surface area (Å²) >= 11 is 0. The number of aromatic nitrogens is 1. The second-order valence-corrected chi connectivity index (χ2v) is 8.24. The van der Waals surface area contributed by atoms with Crippen molar-refractivity contribution in [3.8, 4) is 11.5 Å². The molecule has 27 heavy (non-hydrogen) atoms. The number of H-pyrrole nitrogens is 1. The molecule has 2 aromatic carbocycles. The van der Waals surface area contributed by atoms with Crippen LogP contribution in [0.5, 0.6) is 11.5 Å². The van der Waals surface area contributed by atoms with Crippen LogP contribution in [0.4, 0.5) is 0 Å². The smallest absolute Gasteiger partial charge is 0.120 e. The fourth-order valence-corrected chi connectivity index (χ4v) is 3.97. The molecule has 1 aliphatic rings. The van der Waals surface area contributed by atoms with E-state index >= 15 is 0 Å². The van der Waals surface area contributed by atoms with Crippen LogP contribution < -0.4 is 0 Å². The molecular weight excluding hydrogens is 338 g/mol. The van der Waals surface area contributed by atoms with Crippen molar-refractivity contribution in [2.75, 3.05) is 0 Å². The Morgan fingerprint density at radius 3 is 2.70 bits per heavy atom. The Balaban J connectivity index is 1.66. The molecule has 3 N–H and O–H groups in total. The van der Waals surface area contributed by atoms with Crippen LogP contribution in [0.15, 0.2) is 35.9 Å². The minimum Gasteiger partial charge on any atom is -0.508 e. The molecule has 3 aromatic rings. The topological polar surface area (TPSA) is 68.8 Å². The number of hydrogen-bond donors (Lipinski definition) is 3. The Kier molecular flexibility index (Phi) is 4.19. The number of aromatic amines is 1. The van der Waals surface area contributed by atoms with Crippen molar-refractivity contribution in [1.82, 2.24) is 4.98 Å². The molecule has 4 heteroatoms. The minimum atomic E-state index is -0.124. The summed E-state index contributed by atoms with van der Waals surface area (Å²) in [4.78, 5) is 3.39. The first kappa shape index (κ1) is 17.9. The number of phenolic OH excluding ortho intramolecular Hbond substituents is 2. The quantitative estimate of drug-likeness (QED) is 0.414. The molecule has 2 atom stereocenters. The molecule has 0 bridgehead atoms. The summed E-state index contributed by atoms with van der Waals surface area (Å²) in [6.07, 6.45) is 5.03. The molecule has 0 amide bonds. The van der Waals surface area contributed by atoms with Crippen LogP contribution in [0.3, 0.4) is 0 Å². The van der Waals surface area contributed by atoms with Gasteiger partial charge in [0.05, 0.1) is 22.7 Å². The van der Waals surface area contributed by atoms with E-state index in [1.165, 1.54) is 5.57 Å². The van der Waals surface area contributed by atoms with Crippen molar-refractivity contribution >= 4 is 21.8 Å². The van der Waals surface area contributed by atoms with E-state index in [-0.39, 0.29) is 23.2 Å². The first-order valence-electron chi connectivity index (χ1n) is 9.55. The lowest BCUT2D eigenvalue weighted by atomic mass is 9.95. The highest BCUT2D eigenvalue weighted by Crippen LogP contribution is 2.45. The van der Waals surface area contributed by atoms with Gasteiger partial charge in [0, 0.05) is 28.8 Å². The normalized spacial score (nSPS) is 21.7. The van der Waals surface area contributed by atoms with Gasteiger partial charge in [-0.15, -0.1) is 0 Å². The lowest BCUT2D eigenvalue weighted by Crippen LogP contribution is -2.11. The molecule has 4 rings (SSSR count). The molecule has 1 saturated heterocycles. The van der Waals surface area contributed by atoms with Gasteiger partial charge in [-0.05, 0) is 64.3 Å². The van der Waals surface area contributed by atoms with E-state index in [2.05, 4.69) is 31.8 Å². The largest absolute Gasteiger partial charge is 0.508 e. The summed E-state index contributed by atoms with van der Waals surface area (Å²) in [6, 6.07) is 7.44. The molecule has 4 nitrogen and oxygen atoms in total. The summed E-state index contributed by atoms with van der Waals surface area (Å²) < 4.78 is 6.01. The van der Waals surface area contributed by atoms with Crippen LogP contribution in [-0.4, -0.2) is 26.9 Å². The average molecular weight is 365 g/mol. The number of fused-ring (bicyclic) bond motifs is 3. The zero-order chi connectivity index (χ0) is 19.3. The Morgan fingerprint density at radius 1 is 1.19 bits per heavy atom. The van der Waals surface area contributed by atoms with Crippen molar-refractivity contribution in [2.45, 2.75) is 58.7 Å². The van der Waals surface area contributed by atoms with Crippen LogP contribution in [0.25, 0.3) is 21.8 Å². The highest BCUT2D eigenvalue weighted by molar-refractivity contribution is 6.09. The molecule has 2 heterocycles. The van der Waals surface area contributed by atoms with Gasteiger partial charge in [0.15, 0.2) is 0 Å². The second kappa shape index (κ2) is 6.31. The number of hydrogen-bond acceptors (Lipinski definition) is 3. The molecule has 0 unspecified atom stereocenters. The number of epoxide rings is 1. The highest BCUT2D eigenvalue weighted by Gasteiger charge is 2.51. The third-order valence-corrected chi connectivity index (χ3v) is 5.79. The fourth-order valence-electron chi connectivity index (χ4n) is 3.97. The van der Waals surface area contributed by atoms with Gasteiger partial charge in [-0.25, -0.2) is 0 Å². The predicted molar refractivity (Wildman–Crippen MR) is 110 cm³/mol. The molecule has 0 aliphatic carbocycles. The molecular formula is C23H27NO3. The highest BCUT2D eigenvalue weighted by atomic mass is 16.6. The van der Waals surface area contributed by atoms with E-state index in [1.807, 2.05) is 19.1 Å². The number of allylic oxidation sites excluding steroid dienone is 2. The Morgan fingerprint density at radius 2 is 1.96 bits per heavy atom. The summed E-state index contributed by atoms with van der Waals surface area (Å²) in [7, 11) is 0. The summed E-state index contributed by atoms with van der Waals surface area (Å²) in [5.41, 5.74) is 4.74. The monoisotopic (exact) mass is 365 g/mol. The van der Waals surface area contributed by atoms with Crippen molar-refractivity contribution in [3.63, 3.8) is 0 Å². The van der Waals surface area contributed by atoms with Crippen molar-refractivity contribution in [2.24, 2.45) is 0 Å². The van der Waals surface area contributed by atoms with Crippen molar-refractivity contribution in [3.05, 3.63) is 47.0 Å². The number of aromatic hydroxyl groups is 2. The zero-order valence-corrected chi connectivity index (χ0v) is 16.4. The summed E-state index contributed by atoms with van der Waals surface area (Å²) in [5.74, 6) is 0.564. The predicted octanol–water partition coefficient (Wildman–Crippen LogP) is 5.49. The van der Waals surface area contributed by atoms with Crippen molar-refractivity contribution < 1.29 is 14.9 Å². The SMILES string of the molecule is CC(C)=CCC[C@]1(C)O[C@H]1Cc1c(O)ccc2c1[nH]c1cc(O)c(C)cc12. The van der Waals surface area contributed by atoms with Crippen LogP contribution in [0.1, 0.15) is 44.7 Å². The van der Waals surface area contributed by atoms with E-state index in [1.54, 1.807) is 12.1 Å². The summed E-state index contributed by atoms with van der Waals surface area (Å²) in [5, 5.41) is 22.6. The standard InChI is InChI=1S/C23H27NO3/c1-13(2)6-5-9-23(4)21(27-23)11-17-19(25)8-7-15-16-10-14(3)20(26)12-18(16)24-22(15)17/h6-8,10,12,21,24-26H,5,9,11H2,1-4H3/t21-,23-/m0/s1. The molecule has 1 aromatic heterocycles. The number of benzene rings is 2. The molecule has 0 saturated carbocycles. The third-order valence-electron chi connectivity index (χ3n) is 5.79. The van der Waals surface area contributed by atoms with Gasteiger partial charge in [-0.3, -0.25) is 0 Å². The number of phenols is 2. The van der Waals surface area contributed by atoms with E-state index in [4.69, 9.17) is 4.74 Å². The van der Waals surface area contributed by atoms with Gasteiger partial charge in [-0.1, -0.05) is 11.6 Å². The Labute approximate surface area is 159 Å². The molecule has 0 radical (unpaired) electrons. The molecule has 1 aliphatic heterocycles. The van der Waals surface area contributed by atoms with Gasteiger partial charge >= 0.3 is 0 Å². The average Bonchev–Trinajstić information content (AvgIpc) is 3.09. The lowest BCUT2D eigenvalue weighted by Gasteiger charge is -2.07. The minimum absolute atomic E-state index is 0.112. The van der Waals surface area contributed by atoms with E-state index in [9.17, 15) is 10.2 Å². The van der Waals surface area contributed by atoms with Gasteiger partial charge in [0.25, 0.3) is 0 Å². The van der Waals surface area contributed by atoms with Crippen LogP contribution in [0, 0.1) is 6.92 Å². The number of aryl methyl sites for hydroxylation is 1. The molecule has 0 spiro atoms. The third kappa shape index (κ3) is 3.19. The number of nitrogens with one attached hydrogen (secondary N) is 1. The first-order valence-corrected chi connectivity index (χ1v) is 9.55. The maximum absolute atomic E-state index is 10.5. The van der Waals surface area contributed by atoms with Crippen LogP contribution in [0.2, 0.25) is 0 Å². The molecule has 142 valence electrons. The van der Waals surface area contributed by atoms with Gasteiger partial charge in [0.1, 0.15) is 11.5 Å². The summed E-state index contributed by atoms with van der Waals surface area (Å²) in [6.45, 7) is 8.27. The Bertz CT molecular complexity index is 1060. The van der Waals surface area contributed by atoms with Crippen LogP contribution >= 0.6 is 0 Å². The van der Waals surface area contributed by atoms with Gasteiger partial charge in [0.2, 0.25) is 0 Å². The van der Waals surface area contributed by atoms with E-state index in [0.717, 1.165) is 45.8 Å². The lowest BCUT2D eigenvalue weighted by molar-refractivity contribution is 0.297. The van der Waals surface area contributed by atoms with E-state index in [0.29, 0.717) is 6.42 Å².